The molecule has 28 heavy (non-hydrogen) atoms. The fourth-order valence-corrected chi connectivity index (χ4v) is 3.82. The Hall–Kier alpha value is -1.94. The molecule has 2 heterocycles. The van der Waals surface area contributed by atoms with Crippen molar-refractivity contribution in [2.75, 3.05) is 13.2 Å². The molecule has 1 N–H and O–H groups in total. The van der Waals surface area contributed by atoms with Gasteiger partial charge in [0, 0.05) is 29.7 Å². The molecule has 0 bridgehead atoms. The molecule has 0 saturated heterocycles. The summed E-state index contributed by atoms with van der Waals surface area (Å²) in [7, 11) is 1.61. The fourth-order valence-electron chi connectivity index (χ4n) is 3.46. The summed E-state index contributed by atoms with van der Waals surface area (Å²) in [6.45, 7) is 2.48. The predicted molar refractivity (Wildman–Crippen MR) is 116 cm³/mol. The summed E-state index contributed by atoms with van der Waals surface area (Å²) in [4.78, 5) is 30.1. The Morgan fingerprint density at radius 2 is 2.00 bits per heavy atom. The van der Waals surface area contributed by atoms with E-state index < -0.39 is 5.69 Å². The first-order chi connectivity index (χ1) is 13.5. The maximum absolute atomic E-state index is 13.0. The number of aromatic nitrogens is 2. The van der Waals surface area contributed by atoms with Crippen LogP contribution in [-0.4, -0.2) is 33.4 Å². The molecule has 8 heteroatoms. The molecule has 150 valence electrons. The van der Waals surface area contributed by atoms with Crippen molar-refractivity contribution in [3.63, 3.8) is 0 Å². The molecular weight excluding hydrogens is 473 g/mol. The molecule has 1 aromatic heterocycles. The SMILES string of the molecule is CCOC1=Nc2c(c(=O)n(CCCO)c(=O)n2C)CC1Cc1ccc(I)cc1. The third kappa shape index (κ3) is 4.22. The minimum atomic E-state index is -0.423. The van der Waals surface area contributed by atoms with E-state index in [9.17, 15) is 9.59 Å². The summed E-state index contributed by atoms with van der Waals surface area (Å²) < 4.78 is 9.52. The van der Waals surface area contributed by atoms with Gasteiger partial charge in [-0.1, -0.05) is 12.1 Å². The van der Waals surface area contributed by atoms with Gasteiger partial charge in [-0.25, -0.2) is 4.79 Å². The van der Waals surface area contributed by atoms with E-state index in [4.69, 9.17) is 9.84 Å². The van der Waals surface area contributed by atoms with Crippen molar-refractivity contribution >= 4 is 34.3 Å². The fraction of sp³-hybridized carbons (Fsp3) is 0.450. The Balaban J connectivity index is 2.04. The molecule has 0 saturated carbocycles. The summed E-state index contributed by atoms with van der Waals surface area (Å²) in [5, 5.41) is 9.07. The van der Waals surface area contributed by atoms with Crippen LogP contribution in [0.4, 0.5) is 5.82 Å². The van der Waals surface area contributed by atoms with Gasteiger partial charge in [-0.05, 0) is 66.5 Å². The normalized spacial score (nSPS) is 15.9. The number of fused-ring (bicyclic) bond motifs is 1. The van der Waals surface area contributed by atoms with Gasteiger partial charge in [-0.2, -0.15) is 4.99 Å². The van der Waals surface area contributed by atoms with Crippen LogP contribution in [0.5, 0.6) is 0 Å². The molecule has 1 aliphatic rings. The van der Waals surface area contributed by atoms with E-state index in [1.54, 1.807) is 7.05 Å². The van der Waals surface area contributed by atoms with Crippen molar-refractivity contribution in [2.24, 2.45) is 18.0 Å². The third-order valence-electron chi connectivity index (χ3n) is 4.85. The molecule has 1 unspecified atom stereocenters. The number of hydrogen-bond acceptors (Lipinski definition) is 5. The first-order valence-electron chi connectivity index (χ1n) is 9.35. The average molecular weight is 497 g/mol. The molecule has 3 rings (SSSR count). The van der Waals surface area contributed by atoms with Gasteiger partial charge in [0.25, 0.3) is 5.56 Å². The number of ether oxygens (including phenoxy) is 1. The predicted octanol–water partition coefficient (Wildman–Crippen LogP) is 2.02. The molecule has 1 aromatic carbocycles. The molecule has 7 nitrogen and oxygen atoms in total. The molecule has 0 fully saturated rings. The largest absolute Gasteiger partial charge is 0.481 e. The molecular formula is C20H24IN3O4. The number of rotatable bonds is 6. The second-order valence-electron chi connectivity index (χ2n) is 6.79. The highest BCUT2D eigenvalue weighted by molar-refractivity contribution is 14.1. The number of nitrogens with zero attached hydrogens (tertiary/aromatic N) is 3. The Morgan fingerprint density at radius 1 is 1.29 bits per heavy atom. The van der Waals surface area contributed by atoms with Crippen LogP contribution in [0.3, 0.4) is 0 Å². The van der Waals surface area contributed by atoms with Gasteiger partial charge in [0.1, 0.15) is 5.82 Å². The lowest BCUT2D eigenvalue weighted by Crippen LogP contribution is -2.43. The molecule has 0 radical (unpaired) electrons. The van der Waals surface area contributed by atoms with Gasteiger partial charge in [0.05, 0.1) is 12.2 Å². The molecule has 0 aliphatic carbocycles. The summed E-state index contributed by atoms with van der Waals surface area (Å²) in [6, 6.07) is 8.24. The van der Waals surface area contributed by atoms with Crippen molar-refractivity contribution in [3.8, 4) is 0 Å². The lowest BCUT2D eigenvalue weighted by molar-refractivity contribution is 0.277. The van der Waals surface area contributed by atoms with Crippen LogP contribution < -0.4 is 11.2 Å². The van der Waals surface area contributed by atoms with Gasteiger partial charge in [0.2, 0.25) is 0 Å². The van der Waals surface area contributed by atoms with Crippen molar-refractivity contribution < 1.29 is 9.84 Å². The topological polar surface area (TPSA) is 85.8 Å². The minimum Gasteiger partial charge on any atom is -0.481 e. The Morgan fingerprint density at radius 3 is 2.64 bits per heavy atom. The van der Waals surface area contributed by atoms with Gasteiger partial charge in [0.15, 0.2) is 5.90 Å². The highest BCUT2D eigenvalue weighted by Crippen LogP contribution is 2.28. The number of aliphatic hydroxyl groups is 1. The number of benzene rings is 1. The monoisotopic (exact) mass is 497 g/mol. The van der Waals surface area contributed by atoms with Gasteiger partial charge in [-0.15, -0.1) is 0 Å². The van der Waals surface area contributed by atoms with Crippen LogP contribution in [0.1, 0.15) is 24.5 Å². The van der Waals surface area contributed by atoms with Crippen LogP contribution >= 0.6 is 22.6 Å². The number of halogens is 1. The van der Waals surface area contributed by atoms with Gasteiger partial charge >= 0.3 is 5.69 Å². The Labute approximate surface area is 176 Å². The molecule has 1 aliphatic heterocycles. The van der Waals surface area contributed by atoms with E-state index in [1.807, 2.05) is 6.92 Å². The van der Waals surface area contributed by atoms with Crippen molar-refractivity contribution in [1.29, 1.82) is 0 Å². The van der Waals surface area contributed by atoms with Crippen LogP contribution in [0.15, 0.2) is 38.8 Å². The summed E-state index contributed by atoms with van der Waals surface area (Å²) >= 11 is 2.27. The highest BCUT2D eigenvalue weighted by Gasteiger charge is 2.30. The van der Waals surface area contributed by atoms with E-state index in [1.165, 1.54) is 9.13 Å². The second kappa shape index (κ2) is 9.04. The second-order valence-corrected chi connectivity index (χ2v) is 8.04. The van der Waals surface area contributed by atoms with E-state index in [0.717, 1.165) is 9.13 Å². The van der Waals surface area contributed by atoms with Crippen molar-refractivity contribution in [3.05, 3.63) is 59.8 Å². The number of aliphatic hydroxyl groups excluding tert-OH is 1. The lowest BCUT2D eigenvalue weighted by atomic mass is 9.91. The summed E-state index contributed by atoms with van der Waals surface area (Å²) in [5.74, 6) is 0.873. The zero-order valence-corrected chi connectivity index (χ0v) is 18.2. The van der Waals surface area contributed by atoms with E-state index in [-0.39, 0.29) is 24.6 Å². The third-order valence-corrected chi connectivity index (χ3v) is 5.57. The maximum atomic E-state index is 13.0. The first kappa shape index (κ1) is 20.8. The molecule has 1 atom stereocenters. The van der Waals surface area contributed by atoms with Gasteiger partial charge in [-0.3, -0.25) is 13.9 Å². The van der Waals surface area contributed by atoms with Crippen LogP contribution in [0.2, 0.25) is 0 Å². The van der Waals surface area contributed by atoms with Crippen molar-refractivity contribution in [2.45, 2.75) is 32.7 Å². The number of hydrogen-bond donors (Lipinski definition) is 1. The molecule has 0 spiro atoms. The standard InChI is InChI=1S/C20H24IN3O4/c1-3-28-18-14(11-13-5-7-15(21)8-6-13)12-16-17(22-18)23(2)20(27)24(19(16)26)9-4-10-25/h5-8,14,25H,3-4,9-12H2,1-2H3. The quantitative estimate of drug-likeness (QED) is 0.619. The Kier molecular flexibility index (Phi) is 6.71. The first-order valence-corrected chi connectivity index (χ1v) is 10.4. The zero-order valence-electron chi connectivity index (χ0n) is 16.0. The van der Waals surface area contributed by atoms with Crippen molar-refractivity contribution in [1.82, 2.24) is 9.13 Å². The molecule has 0 amide bonds. The van der Waals surface area contributed by atoms with Crippen LogP contribution in [0.25, 0.3) is 0 Å². The maximum Gasteiger partial charge on any atom is 0.332 e. The highest BCUT2D eigenvalue weighted by atomic mass is 127. The number of aliphatic imine (C=N–C) groups is 1. The minimum absolute atomic E-state index is 0.0657. The van der Waals surface area contributed by atoms with E-state index in [0.29, 0.717) is 43.1 Å². The average Bonchev–Trinajstić information content (AvgIpc) is 2.69. The smallest absolute Gasteiger partial charge is 0.332 e. The van der Waals surface area contributed by atoms with Crippen LogP contribution in [0, 0.1) is 9.49 Å². The summed E-state index contributed by atoms with van der Waals surface area (Å²) in [5.41, 5.74) is 0.928. The molecule has 2 aromatic rings. The van der Waals surface area contributed by atoms with Gasteiger partial charge < -0.3 is 9.84 Å². The van der Waals surface area contributed by atoms with E-state index in [2.05, 4.69) is 51.8 Å². The lowest BCUT2D eigenvalue weighted by Gasteiger charge is -2.26. The summed E-state index contributed by atoms with van der Waals surface area (Å²) in [6.07, 6.45) is 1.52. The van der Waals surface area contributed by atoms with Crippen LogP contribution in [-0.2, 0) is 31.2 Å². The van der Waals surface area contributed by atoms with E-state index >= 15 is 0 Å². The zero-order chi connectivity index (χ0) is 20.3. The Bertz CT molecular complexity index is 992.